The Labute approximate surface area is 371 Å². The molecule has 4 aromatic carbocycles. The Bertz CT molecular complexity index is 1880. The molecular weight excluding hydrogens is 825 g/mol. The number of hydrogen-bond donors (Lipinski definition) is 0. The SMILES string of the molecule is O=C(OCc1ccccc1)N1CCCN1C(=O)N1CCCN1C(=O)OCc1ccccc1.O=C(OCc1ccccc1)N1CCCN1C(=O)N1CCCN1C(=O)OCc1ccccc1. The third-order valence-corrected chi connectivity index (χ3v) is 10.7. The first kappa shape index (κ1) is 44.6. The van der Waals surface area contributed by atoms with E-state index >= 15 is 0 Å². The molecule has 4 aliphatic heterocycles. The van der Waals surface area contributed by atoms with Crippen molar-refractivity contribution >= 4 is 36.4 Å². The van der Waals surface area contributed by atoms with Crippen LogP contribution in [-0.4, -0.2) is 129 Å². The number of benzene rings is 4. The van der Waals surface area contributed by atoms with Crippen LogP contribution in [0.15, 0.2) is 121 Å². The molecule has 18 nitrogen and oxygen atoms in total. The molecule has 4 fully saturated rings. The van der Waals surface area contributed by atoms with Crippen LogP contribution in [0.1, 0.15) is 47.9 Å². The van der Waals surface area contributed by atoms with Crippen LogP contribution in [0, 0.1) is 0 Å². The summed E-state index contributed by atoms with van der Waals surface area (Å²) in [7, 11) is 0. The Balaban J connectivity index is 0.000000191. The standard InChI is InChI=1S/2C23H26N4O5/c2*28-21(24-13-7-15-26(24)22(29)31-17-19-9-3-1-4-10-19)25-14-8-16-27(25)23(30)32-18-20-11-5-2-6-12-20/h2*1-6,9-12H,7-8,13-18H2. The number of urea groups is 2. The van der Waals surface area contributed by atoms with Crippen LogP contribution in [-0.2, 0) is 45.4 Å². The lowest BCUT2D eigenvalue weighted by molar-refractivity contribution is -0.0128. The smallest absolute Gasteiger partial charge is 0.429 e. The molecule has 336 valence electrons. The lowest BCUT2D eigenvalue weighted by Gasteiger charge is -2.34. The third-order valence-electron chi connectivity index (χ3n) is 10.7. The lowest BCUT2D eigenvalue weighted by atomic mass is 10.2. The van der Waals surface area contributed by atoms with Gasteiger partial charge >= 0.3 is 36.4 Å². The molecule has 0 aromatic heterocycles. The summed E-state index contributed by atoms with van der Waals surface area (Å²) in [5.74, 6) is 0. The van der Waals surface area contributed by atoms with Gasteiger partial charge in [-0.05, 0) is 47.9 Å². The number of amides is 8. The zero-order chi connectivity index (χ0) is 44.7. The first-order valence-corrected chi connectivity index (χ1v) is 21.4. The predicted octanol–water partition coefficient (Wildman–Crippen LogP) is 7.25. The van der Waals surface area contributed by atoms with Gasteiger partial charge in [0, 0.05) is 52.4 Å². The monoisotopic (exact) mass is 876 g/mol. The highest BCUT2D eigenvalue weighted by atomic mass is 16.6. The fourth-order valence-electron chi connectivity index (χ4n) is 7.44. The molecule has 0 spiro atoms. The van der Waals surface area contributed by atoms with Crippen LogP contribution in [0.2, 0.25) is 0 Å². The Kier molecular flexibility index (Phi) is 15.3. The van der Waals surface area contributed by atoms with Gasteiger partial charge in [0.15, 0.2) is 0 Å². The number of ether oxygens (including phenoxy) is 4. The molecule has 0 unspecified atom stereocenters. The molecule has 0 bridgehead atoms. The molecule has 4 aromatic rings. The summed E-state index contributed by atoms with van der Waals surface area (Å²) < 4.78 is 21.5. The van der Waals surface area contributed by atoms with E-state index in [2.05, 4.69) is 0 Å². The Morgan fingerprint density at radius 1 is 0.297 bits per heavy atom. The molecule has 18 heteroatoms. The van der Waals surface area contributed by atoms with Crippen LogP contribution in [0.5, 0.6) is 0 Å². The second-order valence-corrected chi connectivity index (χ2v) is 15.1. The third kappa shape index (κ3) is 11.5. The van der Waals surface area contributed by atoms with E-state index in [9.17, 15) is 28.8 Å². The summed E-state index contributed by atoms with van der Waals surface area (Å²) in [6.45, 7) is 3.53. The van der Waals surface area contributed by atoms with Gasteiger partial charge in [-0.15, -0.1) is 0 Å². The molecule has 0 radical (unpaired) electrons. The molecule has 4 heterocycles. The van der Waals surface area contributed by atoms with Crippen molar-refractivity contribution in [2.24, 2.45) is 0 Å². The molecule has 0 N–H and O–H groups in total. The van der Waals surface area contributed by atoms with Crippen molar-refractivity contribution in [3.63, 3.8) is 0 Å². The molecule has 8 rings (SSSR count). The number of carbonyl (C=O) groups excluding carboxylic acids is 6. The van der Waals surface area contributed by atoms with E-state index < -0.39 is 36.4 Å². The maximum Gasteiger partial charge on any atom is 0.429 e. The van der Waals surface area contributed by atoms with E-state index in [4.69, 9.17) is 18.9 Å². The second kappa shape index (κ2) is 22.0. The number of hydrazine groups is 4. The maximum absolute atomic E-state index is 13.2. The number of carbonyl (C=O) groups is 6. The molecule has 4 aliphatic rings. The highest BCUT2D eigenvalue weighted by molar-refractivity contribution is 5.82. The van der Waals surface area contributed by atoms with Crippen molar-refractivity contribution < 1.29 is 47.7 Å². The number of rotatable bonds is 8. The predicted molar refractivity (Wildman–Crippen MR) is 229 cm³/mol. The molecular formula is C46H52N8O10. The maximum atomic E-state index is 13.2. The number of hydrogen-bond acceptors (Lipinski definition) is 10. The van der Waals surface area contributed by atoms with Crippen molar-refractivity contribution in [3.8, 4) is 0 Å². The van der Waals surface area contributed by atoms with Crippen molar-refractivity contribution in [3.05, 3.63) is 144 Å². The zero-order valence-electron chi connectivity index (χ0n) is 35.5. The highest BCUT2D eigenvalue weighted by Gasteiger charge is 2.41. The van der Waals surface area contributed by atoms with E-state index in [-0.39, 0.29) is 26.4 Å². The summed E-state index contributed by atoms with van der Waals surface area (Å²) >= 11 is 0. The first-order chi connectivity index (χ1) is 31.3. The average Bonchev–Trinajstić information content (AvgIpc) is 4.20. The normalized spacial score (nSPS) is 15.8. The average molecular weight is 877 g/mol. The largest absolute Gasteiger partial charge is 0.443 e. The van der Waals surface area contributed by atoms with Crippen LogP contribution in [0.4, 0.5) is 28.8 Å². The quantitative estimate of drug-likeness (QED) is 0.165. The van der Waals surface area contributed by atoms with Crippen LogP contribution in [0.3, 0.4) is 0 Å². The van der Waals surface area contributed by atoms with Crippen molar-refractivity contribution in [2.75, 3.05) is 52.4 Å². The van der Waals surface area contributed by atoms with Crippen molar-refractivity contribution in [2.45, 2.75) is 52.1 Å². The van der Waals surface area contributed by atoms with Gasteiger partial charge in [-0.3, -0.25) is 0 Å². The fraction of sp³-hybridized carbons (Fsp3) is 0.348. The zero-order valence-corrected chi connectivity index (χ0v) is 35.5. The van der Waals surface area contributed by atoms with Gasteiger partial charge in [0.25, 0.3) is 0 Å². The Morgan fingerprint density at radius 2 is 0.484 bits per heavy atom. The van der Waals surface area contributed by atoms with E-state index in [0.29, 0.717) is 78.0 Å². The van der Waals surface area contributed by atoms with Crippen LogP contribution < -0.4 is 0 Å². The van der Waals surface area contributed by atoms with Crippen LogP contribution >= 0.6 is 0 Å². The van der Waals surface area contributed by atoms with E-state index in [0.717, 1.165) is 22.3 Å². The van der Waals surface area contributed by atoms with E-state index in [1.807, 2.05) is 121 Å². The van der Waals surface area contributed by atoms with Gasteiger partial charge in [-0.25, -0.2) is 68.8 Å². The van der Waals surface area contributed by atoms with Gasteiger partial charge in [0.2, 0.25) is 0 Å². The molecule has 0 atom stereocenters. The lowest BCUT2D eigenvalue weighted by Crippen LogP contribution is -2.55. The first-order valence-electron chi connectivity index (χ1n) is 21.4. The minimum atomic E-state index is -0.586. The minimum Gasteiger partial charge on any atom is -0.443 e. The van der Waals surface area contributed by atoms with Gasteiger partial charge in [-0.2, -0.15) is 0 Å². The summed E-state index contributed by atoms with van der Waals surface area (Å²) in [5, 5.41) is 10.6. The summed E-state index contributed by atoms with van der Waals surface area (Å²) in [5.41, 5.74) is 3.46. The molecule has 64 heavy (non-hydrogen) atoms. The van der Waals surface area contributed by atoms with Crippen LogP contribution in [0.25, 0.3) is 0 Å². The summed E-state index contributed by atoms with van der Waals surface area (Å²) in [6.07, 6.45) is 0.205. The van der Waals surface area contributed by atoms with Gasteiger partial charge in [-0.1, -0.05) is 121 Å². The van der Waals surface area contributed by atoms with E-state index in [1.54, 1.807) is 0 Å². The topological polar surface area (TPSA) is 165 Å². The summed E-state index contributed by atoms with van der Waals surface area (Å²) in [6, 6.07) is 36.5. The summed E-state index contributed by atoms with van der Waals surface area (Å²) in [4.78, 5) is 76.8. The minimum absolute atomic E-state index is 0.125. The highest BCUT2D eigenvalue weighted by Crippen LogP contribution is 2.23. The second-order valence-electron chi connectivity index (χ2n) is 15.1. The number of nitrogens with zero attached hydrogens (tertiary/aromatic N) is 8. The van der Waals surface area contributed by atoms with E-state index in [1.165, 1.54) is 40.1 Å². The molecule has 0 saturated carbocycles. The fourth-order valence-corrected chi connectivity index (χ4v) is 7.44. The van der Waals surface area contributed by atoms with Crippen molar-refractivity contribution in [1.29, 1.82) is 0 Å². The molecule has 4 saturated heterocycles. The van der Waals surface area contributed by atoms with Gasteiger partial charge < -0.3 is 18.9 Å². The molecule has 0 aliphatic carbocycles. The molecule has 8 amide bonds. The van der Waals surface area contributed by atoms with Gasteiger partial charge in [0.05, 0.1) is 0 Å². The van der Waals surface area contributed by atoms with Crippen molar-refractivity contribution in [1.82, 2.24) is 40.1 Å². The Morgan fingerprint density at radius 3 is 0.688 bits per heavy atom. The van der Waals surface area contributed by atoms with Gasteiger partial charge in [0.1, 0.15) is 26.4 Å². The Hall–Kier alpha value is -7.50.